The van der Waals surface area contributed by atoms with E-state index in [0.29, 0.717) is 0 Å². The number of aliphatic hydroxyl groups is 2. The third-order valence-electron chi connectivity index (χ3n) is 7.29. The summed E-state index contributed by atoms with van der Waals surface area (Å²) < 4.78 is 69.3. The lowest BCUT2D eigenvalue weighted by Gasteiger charge is -2.23. The van der Waals surface area contributed by atoms with E-state index in [1.54, 1.807) is 0 Å². The maximum Gasteiger partial charge on any atom is 0.695 e. The minimum atomic E-state index is -5.29. The Morgan fingerprint density at radius 3 is 1.84 bits per heavy atom. The monoisotopic (exact) mass is 754 g/mol. The molecular formula is C20H25N10O16P3+2. The number of fused-ring (bicyclic) bond motifs is 2. The lowest BCUT2D eigenvalue weighted by molar-refractivity contribution is -0.0566. The quantitative estimate of drug-likeness (QED) is 0.0656. The average molecular weight is 754 g/mol. The Labute approximate surface area is 271 Å². The van der Waals surface area contributed by atoms with Crippen LogP contribution in [0.25, 0.3) is 22.3 Å². The average Bonchev–Trinajstić information content (AvgIpc) is 3.76. The molecule has 3 unspecified atom stereocenters. The molecule has 2 fully saturated rings. The highest BCUT2D eigenvalue weighted by atomic mass is 31.2. The van der Waals surface area contributed by atoms with Crippen molar-refractivity contribution in [3.05, 3.63) is 33.4 Å². The number of nitrogens with two attached hydrogens (primary N) is 2. The lowest BCUT2D eigenvalue weighted by Crippen LogP contribution is -2.37. The fourth-order valence-corrected chi connectivity index (χ4v) is 6.99. The van der Waals surface area contributed by atoms with Crippen LogP contribution >= 0.6 is 24.3 Å². The first-order valence-corrected chi connectivity index (χ1v) is 17.3. The molecule has 6 rings (SSSR count). The van der Waals surface area contributed by atoms with Gasteiger partial charge in [-0.15, -0.1) is 18.8 Å². The van der Waals surface area contributed by atoms with Crippen LogP contribution < -0.4 is 22.6 Å². The minimum Gasteiger partial charge on any atom is -0.386 e. The number of H-pyrrole nitrogens is 2. The van der Waals surface area contributed by atoms with E-state index >= 15 is 0 Å². The molecule has 29 heteroatoms. The van der Waals surface area contributed by atoms with E-state index in [2.05, 4.69) is 34.4 Å². The van der Waals surface area contributed by atoms with Gasteiger partial charge in [0.1, 0.15) is 37.1 Å². The van der Waals surface area contributed by atoms with Crippen LogP contribution in [0.15, 0.2) is 22.2 Å². The van der Waals surface area contributed by atoms with Gasteiger partial charge in [0.05, 0.1) is 19.3 Å². The first-order valence-electron chi connectivity index (χ1n) is 13.5. The number of hydrogen-bond acceptors (Lipinski definition) is 19. The van der Waals surface area contributed by atoms with Gasteiger partial charge in [0, 0.05) is 9.13 Å². The molecule has 0 radical (unpaired) electrons. The number of imidazole rings is 2. The predicted molar refractivity (Wildman–Crippen MR) is 156 cm³/mol. The van der Waals surface area contributed by atoms with Crippen LogP contribution in [0.4, 0.5) is 11.9 Å². The van der Waals surface area contributed by atoms with Crippen molar-refractivity contribution in [3.63, 3.8) is 0 Å². The molecule has 2 aliphatic heterocycles. The molecule has 4 aromatic rings. The van der Waals surface area contributed by atoms with Crippen LogP contribution in [0.1, 0.15) is 12.5 Å². The molecule has 4 aromatic heterocycles. The van der Waals surface area contributed by atoms with Gasteiger partial charge >= 0.3 is 24.3 Å². The van der Waals surface area contributed by atoms with Gasteiger partial charge in [-0.2, -0.15) is 9.97 Å². The van der Waals surface area contributed by atoms with E-state index < -0.39 is 97.7 Å². The summed E-state index contributed by atoms with van der Waals surface area (Å²) >= 11 is 0. The minimum absolute atomic E-state index is 0.147. The summed E-state index contributed by atoms with van der Waals surface area (Å²) in [6, 6.07) is 0. The first kappa shape index (κ1) is 35.1. The van der Waals surface area contributed by atoms with E-state index in [1.165, 1.54) is 0 Å². The van der Waals surface area contributed by atoms with Crippen LogP contribution in [0, 0.1) is 0 Å². The number of phosphoric acid groups is 1. The molecule has 11 atom stereocenters. The fourth-order valence-electron chi connectivity index (χ4n) is 5.28. The van der Waals surface area contributed by atoms with E-state index in [9.17, 15) is 43.3 Å². The number of aromatic nitrogens is 8. The van der Waals surface area contributed by atoms with E-state index in [-0.39, 0.29) is 34.2 Å². The number of aromatic amines is 2. The molecule has 0 amide bonds. The number of hydrogen-bond donors (Lipinski definition) is 9. The molecule has 0 saturated carbocycles. The Bertz CT molecular complexity index is 2090. The highest BCUT2D eigenvalue weighted by Crippen LogP contribution is 2.50. The maximum atomic E-state index is 13.2. The summed E-state index contributed by atoms with van der Waals surface area (Å²) in [4.78, 5) is 73.8. The molecule has 11 N–H and O–H groups in total. The van der Waals surface area contributed by atoms with Crippen molar-refractivity contribution in [3.8, 4) is 0 Å². The Morgan fingerprint density at radius 1 is 0.857 bits per heavy atom. The van der Waals surface area contributed by atoms with Crippen molar-refractivity contribution in [2.24, 2.45) is 0 Å². The largest absolute Gasteiger partial charge is 0.695 e. The summed E-state index contributed by atoms with van der Waals surface area (Å²) in [5.74, 6) is -0.615. The van der Waals surface area contributed by atoms with Crippen molar-refractivity contribution < 1.29 is 66.2 Å². The van der Waals surface area contributed by atoms with Gasteiger partial charge in [-0.3, -0.25) is 37.7 Å². The van der Waals surface area contributed by atoms with Gasteiger partial charge in [-0.25, -0.2) is 14.5 Å². The molecule has 0 bridgehead atoms. The van der Waals surface area contributed by atoms with Crippen LogP contribution in [0.5, 0.6) is 0 Å². The second kappa shape index (κ2) is 13.5. The van der Waals surface area contributed by atoms with Crippen molar-refractivity contribution in [2.45, 2.75) is 49.1 Å². The Kier molecular flexibility index (Phi) is 9.71. The summed E-state index contributed by atoms with van der Waals surface area (Å²) in [5, 5.41) is 22.1. The number of aliphatic hydroxyl groups excluding tert-OH is 2. The van der Waals surface area contributed by atoms with Crippen molar-refractivity contribution in [1.82, 2.24) is 39.0 Å². The third-order valence-corrected chi connectivity index (χ3v) is 9.07. The van der Waals surface area contributed by atoms with Crippen molar-refractivity contribution in [2.75, 3.05) is 24.7 Å². The summed E-state index contributed by atoms with van der Waals surface area (Å²) in [7, 11) is -11.9. The number of phosphoric ester groups is 1. The summed E-state index contributed by atoms with van der Waals surface area (Å²) in [6.07, 6.45) is -11.1. The number of nitrogens with one attached hydrogen (secondary N) is 2. The summed E-state index contributed by atoms with van der Waals surface area (Å²) in [5.41, 5.74) is 9.07. The molecule has 26 nitrogen and oxygen atoms in total. The van der Waals surface area contributed by atoms with Gasteiger partial charge in [-0.05, 0) is 0 Å². The van der Waals surface area contributed by atoms with E-state index in [0.717, 1.165) is 21.8 Å². The normalized spacial score (nSPS) is 29.1. The summed E-state index contributed by atoms with van der Waals surface area (Å²) in [6.45, 7) is -1.71. The first-order chi connectivity index (χ1) is 23.1. The number of anilines is 2. The van der Waals surface area contributed by atoms with E-state index in [1.807, 2.05) is 0 Å². The number of nitrogens with zero attached hydrogens (tertiary/aromatic N) is 6. The zero-order valence-electron chi connectivity index (χ0n) is 24.1. The molecular weight excluding hydrogens is 729 g/mol. The number of nitrogen functional groups attached to an aromatic ring is 2. The topological polar surface area (TPSA) is 387 Å². The van der Waals surface area contributed by atoms with Gasteiger partial charge < -0.3 is 36.0 Å². The van der Waals surface area contributed by atoms with Crippen LogP contribution in [-0.4, -0.2) is 114 Å². The molecule has 2 aliphatic rings. The third kappa shape index (κ3) is 7.01. The zero-order valence-corrected chi connectivity index (χ0v) is 26.8. The smallest absolute Gasteiger partial charge is 0.386 e. The number of ether oxygens (including phenoxy) is 2. The Balaban J connectivity index is 1.22. The second-order valence-corrected chi connectivity index (χ2v) is 13.2. The molecule has 0 aliphatic carbocycles. The fraction of sp³-hybridized carbons (Fsp3) is 0.500. The molecule has 264 valence electrons. The SMILES string of the molecule is Nc1nc2c(ncn2[C@@H]2O[C@H](COP(=O)(O)O[C@H]3[C@@H](O)[C@H](n4cnc5c(=O)[nH]c(N)nc54)O[C@@H]3CO[P+](=O)O)[C@@H](O[P+](=O)O)[C@H]2O)c(=O)[nH]1. The predicted octanol–water partition coefficient (Wildman–Crippen LogP) is -2.86. The Morgan fingerprint density at radius 2 is 1.35 bits per heavy atom. The van der Waals surface area contributed by atoms with Crippen LogP contribution in [0.2, 0.25) is 0 Å². The molecule has 6 heterocycles. The van der Waals surface area contributed by atoms with Gasteiger partial charge in [-0.1, -0.05) is 0 Å². The highest BCUT2D eigenvalue weighted by Gasteiger charge is 2.53. The van der Waals surface area contributed by atoms with Gasteiger partial charge in [0.25, 0.3) is 11.1 Å². The second-order valence-electron chi connectivity index (χ2n) is 10.3. The Hall–Kier alpha value is -3.71. The van der Waals surface area contributed by atoms with E-state index in [4.69, 9.17) is 39.4 Å². The zero-order chi connectivity index (χ0) is 35.4. The van der Waals surface area contributed by atoms with Crippen molar-refractivity contribution in [1.29, 1.82) is 0 Å². The van der Waals surface area contributed by atoms with Crippen molar-refractivity contribution >= 4 is 58.6 Å². The highest BCUT2D eigenvalue weighted by molar-refractivity contribution is 7.47. The molecule has 49 heavy (non-hydrogen) atoms. The van der Waals surface area contributed by atoms with Gasteiger partial charge in [0.2, 0.25) is 11.9 Å². The molecule has 2 saturated heterocycles. The molecule has 0 aromatic carbocycles. The standard InChI is InChI=1S/C20H23N10O16P3/c21-19-25-13-7(15(33)27-19)23-3-29(13)17-9(31)11(45-48(37)38)6(44-17)2-42-49(39,40)46-12-5(1-41-47(35)36)43-18(10(12)32)30-4-24-8-14(30)26-20(22)28-16(8)34/h3-6,9-12,17-18,31-32H,1-2H2,(H7-2,21,22,25,26,27,28,33,34,35,36,37,38,39,40)/p+2/t5-,6-,9-,10-,11-,12-,17-,18-/m1/s1. The van der Waals surface area contributed by atoms with Crippen LogP contribution in [0.3, 0.4) is 0 Å². The lowest BCUT2D eigenvalue weighted by atomic mass is 10.1. The van der Waals surface area contributed by atoms with Crippen LogP contribution in [-0.2, 0) is 41.3 Å². The number of rotatable bonds is 12. The van der Waals surface area contributed by atoms with Gasteiger partial charge in [0.15, 0.2) is 40.9 Å². The molecule has 0 spiro atoms. The maximum absolute atomic E-state index is 13.2.